The fourth-order valence-corrected chi connectivity index (χ4v) is 5.05. The number of carbonyl (C=O) groups is 1. The van der Waals surface area contributed by atoms with Crippen LogP contribution in [0.5, 0.6) is 0 Å². The quantitative estimate of drug-likeness (QED) is 0.774. The van der Waals surface area contributed by atoms with E-state index in [2.05, 4.69) is 34.6 Å². The highest BCUT2D eigenvalue weighted by molar-refractivity contribution is 6.05. The van der Waals surface area contributed by atoms with E-state index in [1.165, 1.54) is 0 Å². The first kappa shape index (κ1) is 17.3. The van der Waals surface area contributed by atoms with Crippen LogP contribution >= 0.6 is 0 Å². The summed E-state index contributed by atoms with van der Waals surface area (Å²) in [4.78, 5) is 26.7. The van der Waals surface area contributed by atoms with Crippen molar-refractivity contribution >= 4 is 23.1 Å². The molecule has 1 amide bonds. The van der Waals surface area contributed by atoms with E-state index >= 15 is 0 Å². The molecule has 5 heterocycles. The molecule has 3 unspecified atom stereocenters. The van der Waals surface area contributed by atoms with Crippen molar-refractivity contribution in [1.29, 1.82) is 0 Å². The second-order valence-corrected chi connectivity index (χ2v) is 8.69. The minimum absolute atomic E-state index is 0.125. The van der Waals surface area contributed by atoms with Gasteiger partial charge in [-0.1, -0.05) is 0 Å². The third kappa shape index (κ3) is 2.70. The van der Waals surface area contributed by atoms with Crippen LogP contribution in [0.1, 0.15) is 13.8 Å². The van der Waals surface area contributed by atoms with Gasteiger partial charge in [0.2, 0.25) is 0 Å². The van der Waals surface area contributed by atoms with Crippen LogP contribution < -0.4 is 14.7 Å². The molecule has 3 atom stereocenters. The van der Waals surface area contributed by atoms with E-state index < -0.39 is 0 Å². The average Bonchev–Trinajstić information content (AvgIpc) is 3.27. The number of ether oxygens (including phenoxy) is 1. The molecular formula is C20H29N5O2. The number of anilines is 3. The van der Waals surface area contributed by atoms with Gasteiger partial charge in [0.1, 0.15) is 6.04 Å². The summed E-state index contributed by atoms with van der Waals surface area (Å²) < 4.78 is 5.60. The lowest BCUT2D eigenvalue weighted by molar-refractivity contribution is -0.121. The number of fused-ring (bicyclic) bond motifs is 4. The molecule has 1 aromatic heterocycles. The van der Waals surface area contributed by atoms with Gasteiger partial charge in [-0.2, -0.15) is 0 Å². The van der Waals surface area contributed by atoms with Gasteiger partial charge < -0.3 is 19.4 Å². The van der Waals surface area contributed by atoms with E-state index in [1.54, 1.807) is 0 Å². The highest BCUT2D eigenvalue weighted by atomic mass is 16.5. The predicted octanol–water partition coefficient (Wildman–Crippen LogP) is 1.04. The van der Waals surface area contributed by atoms with Crippen molar-refractivity contribution in [2.45, 2.75) is 25.9 Å². The van der Waals surface area contributed by atoms with E-state index in [1.807, 2.05) is 18.1 Å². The second kappa shape index (κ2) is 6.34. The maximum absolute atomic E-state index is 13.1. The molecule has 1 aromatic rings. The molecule has 0 N–H and O–H groups in total. The van der Waals surface area contributed by atoms with Crippen LogP contribution in [0.15, 0.2) is 12.3 Å². The van der Waals surface area contributed by atoms with Crippen molar-refractivity contribution in [1.82, 2.24) is 9.88 Å². The molecule has 5 rings (SSSR count). The lowest BCUT2D eigenvalue weighted by Gasteiger charge is -2.47. The zero-order chi connectivity index (χ0) is 18.7. The molecule has 0 saturated carbocycles. The third-order valence-electron chi connectivity index (χ3n) is 6.83. The summed E-state index contributed by atoms with van der Waals surface area (Å²) in [7, 11) is 1.89. The van der Waals surface area contributed by atoms with E-state index in [4.69, 9.17) is 9.72 Å². The number of rotatable bonds is 2. The molecule has 146 valence electrons. The number of aromatic nitrogens is 1. The third-order valence-corrected chi connectivity index (χ3v) is 6.83. The summed E-state index contributed by atoms with van der Waals surface area (Å²) in [6.45, 7) is 10.8. The summed E-state index contributed by atoms with van der Waals surface area (Å²) >= 11 is 0. The molecular weight excluding hydrogens is 342 g/mol. The van der Waals surface area contributed by atoms with Crippen LogP contribution in [0.3, 0.4) is 0 Å². The number of carbonyl (C=O) groups excluding carboxylic acids is 1. The van der Waals surface area contributed by atoms with Gasteiger partial charge in [-0.05, 0) is 19.9 Å². The van der Waals surface area contributed by atoms with Gasteiger partial charge in [0.25, 0.3) is 5.91 Å². The van der Waals surface area contributed by atoms with Crippen molar-refractivity contribution in [3.05, 3.63) is 12.3 Å². The van der Waals surface area contributed by atoms with Crippen molar-refractivity contribution in [2.75, 3.05) is 67.7 Å². The van der Waals surface area contributed by atoms with Crippen LogP contribution in [0, 0.1) is 11.8 Å². The van der Waals surface area contributed by atoms with Gasteiger partial charge in [0, 0.05) is 57.6 Å². The van der Waals surface area contributed by atoms with Crippen LogP contribution in [0.2, 0.25) is 0 Å². The lowest BCUT2D eigenvalue weighted by Crippen LogP contribution is -2.63. The van der Waals surface area contributed by atoms with E-state index in [0.29, 0.717) is 17.9 Å². The first-order chi connectivity index (χ1) is 13.0. The molecule has 0 aliphatic carbocycles. The van der Waals surface area contributed by atoms with Gasteiger partial charge in [0.15, 0.2) is 5.82 Å². The zero-order valence-corrected chi connectivity index (χ0v) is 16.5. The first-order valence-electron chi connectivity index (χ1n) is 10.1. The van der Waals surface area contributed by atoms with Crippen LogP contribution in [0.25, 0.3) is 0 Å². The summed E-state index contributed by atoms with van der Waals surface area (Å²) in [6.07, 6.45) is 2.00. The number of hydrogen-bond acceptors (Lipinski definition) is 6. The van der Waals surface area contributed by atoms with Crippen LogP contribution in [-0.4, -0.2) is 80.9 Å². The Morgan fingerprint density at radius 1 is 1.15 bits per heavy atom. The molecule has 0 bridgehead atoms. The zero-order valence-electron chi connectivity index (χ0n) is 16.5. The molecule has 4 aliphatic heterocycles. The van der Waals surface area contributed by atoms with E-state index in [9.17, 15) is 4.79 Å². The fraction of sp³-hybridized carbons (Fsp3) is 0.700. The molecule has 0 spiro atoms. The van der Waals surface area contributed by atoms with Gasteiger partial charge in [-0.25, -0.2) is 4.98 Å². The molecule has 3 fully saturated rings. The largest absolute Gasteiger partial charge is 0.381 e. The molecule has 7 nitrogen and oxygen atoms in total. The topological polar surface area (TPSA) is 52.1 Å². The number of hydrogen-bond donors (Lipinski definition) is 0. The monoisotopic (exact) mass is 371 g/mol. The summed E-state index contributed by atoms with van der Waals surface area (Å²) in [5.74, 6) is 2.40. The molecule has 3 saturated heterocycles. The number of pyridine rings is 1. The highest BCUT2D eigenvalue weighted by Gasteiger charge is 2.42. The van der Waals surface area contributed by atoms with E-state index in [-0.39, 0.29) is 11.9 Å². The maximum Gasteiger partial charge on any atom is 0.250 e. The smallest absolute Gasteiger partial charge is 0.250 e. The Bertz CT molecular complexity index is 742. The maximum atomic E-state index is 13.1. The predicted molar refractivity (Wildman–Crippen MR) is 106 cm³/mol. The van der Waals surface area contributed by atoms with E-state index in [0.717, 1.165) is 63.1 Å². The minimum Gasteiger partial charge on any atom is -0.381 e. The second-order valence-electron chi connectivity index (χ2n) is 8.69. The minimum atomic E-state index is -0.125. The molecule has 4 aliphatic rings. The highest BCUT2D eigenvalue weighted by Crippen LogP contribution is 2.39. The van der Waals surface area contributed by atoms with Gasteiger partial charge in [-0.3, -0.25) is 9.69 Å². The summed E-state index contributed by atoms with van der Waals surface area (Å²) in [6, 6.07) is 2.49. The van der Waals surface area contributed by atoms with Crippen molar-refractivity contribution in [2.24, 2.45) is 11.8 Å². The van der Waals surface area contributed by atoms with Gasteiger partial charge >= 0.3 is 0 Å². The van der Waals surface area contributed by atoms with Gasteiger partial charge in [-0.15, -0.1) is 0 Å². The Kier molecular flexibility index (Phi) is 4.05. The summed E-state index contributed by atoms with van der Waals surface area (Å²) in [5.41, 5.74) is 2.07. The Morgan fingerprint density at radius 2 is 1.89 bits per heavy atom. The fourth-order valence-electron chi connectivity index (χ4n) is 5.05. The van der Waals surface area contributed by atoms with Crippen molar-refractivity contribution < 1.29 is 9.53 Å². The first-order valence-corrected chi connectivity index (χ1v) is 10.1. The number of piperazine rings is 1. The SMILES string of the molecule is CC(C)N1CCN2c3ncc(N4CC5COCC5C4)cc3N(C)C(=O)C2C1. The Balaban J connectivity index is 1.43. The standard InChI is InChI=1S/C20H29N5O2/c1-13(2)23-4-5-25-18(10-23)20(26)22(3)17-6-16(7-21-19(17)25)24-8-14-11-27-12-15(14)9-24/h6-7,13-15,18H,4-5,8-12H2,1-3H3. The van der Waals surface area contributed by atoms with Gasteiger partial charge in [0.05, 0.1) is 30.8 Å². The summed E-state index contributed by atoms with van der Waals surface area (Å²) in [5, 5.41) is 0. The Morgan fingerprint density at radius 3 is 2.59 bits per heavy atom. The lowest BCUT2D eigenvalue weighted by atomic mass is 10.0. The number of amides is 1. The normalized spacial score (nSPS) is 30.7. The Labute approximate surface area is 160 Å². The van der Waals surface area contributed by atoms with Crippen molar-refractivity contribution in [3.8, 4) is 0 Å². The number of likely N-dealkylation sites (N-methyl/N-ethyl adjacent to an activating group) is 1. The number of nitrogens with zero attached hydrogens (tertiary/aromatic N) is 5. The molecule has 7 heteroatoms. The molecule has 27 heavy (non-hydrogen) atoms. The van der Waals surface area contributed by atoms with Crippen molar-refractivity contribution in [3.63, 3.8) is 0 Å². The van der Waals surface area contributed by atoms with Crippen LogP contribution in [0.4, 0.5) is 17.2 Å². The Hall–Kier alpha value is -1.86. The van der Waals surface area contributed by atoms with Crippen LogP contribution in [-0.2, 0) is 9.53 Å². The average molecular weight is 371 g/mol. The molecule has 0 aromatic carbocycles. The molecule has 0 radical (unpaired) electrons.